The average Bonchev–Trinajstić information content (AvgIpc) is 3.09. The minimum absolute atomic E-state index is 0. The molecule has 0 aromatic heterocycles. The molecule has 2 saturated heterocycles. The van der Waals surface area contributed by atoms with Gasteiger partial charge in [0.1, 0.15) is 0 Å². The molecule has 2 heterocycles. The van der Waals surface area contributed by atoms with Gasteiger partial charge in [-0.2, -0.15) is 0 Å². The van der Waals surface area contributed by atoms with Gasteiger partial charge in [-0.25, -0.2) is 0 Å². The molecule has 8 heteroatoms. The first-order valence-corrected chi connectivity index (χ1v) is 8.43. The molecule has 2 aliphatic rings. The fourth-order valence-corrected chi connectivity index (χ4v) is 3.20. The first-order chi connectivity index (χ1) is 11.6. The van der Waals surface area contributed by atoms with Gasteiger partial charge in [-0.05, 0) is 31.0 Å². The Morgan fingerprint density at radius 3 is 2.72 bits per heavy atom. The molecule has 2 fully saturated rings. The van der Waals surface area contributed by atoms with Gasteiger partial charge < -0.3 is 26.0 Å². The standard InChI is InChI=1S/C17H24N4O3.ClH/c18-17(23)12-3-4-15(21-6-1-2-7-21)14(9-12)20-16(22)10-13-11-24-8-5-19-13;/h3-4,9,13,19H,1-2,5-8,10-11H2,(H2,18,23)(H,20,22);1H. The molecule has 0 saturated carbocycles. The maximum absolute atomic E-state index is 12.4. The minimum atomic E-state index is -0.499. The molecule has 3 rings (SSSR count). The van der Waals surface area contributed by atoms with E-state index in [2.05, 4.69) is 15.5 Å². The van der Waals surface area contributed by atoms with Gasteiger partial charge in [-0.15, -0.1) is 12.4 Å². The molecular formula is C17H25ClN4O3. The number of carbonyl (C=O) groups excluding carboxylic acids is 2. The lowest BCUT2D eigenvalue weighted by molar-refractivity contribution is -0.117. The number of nitrogens with zero attached hydrogens (tertiary/aromatic N) is 1. The van der Waals surface area contributed by atoms with Gasteiger partial charge in [0.15, 0.2) is 0 Å². The number of morpholine rings is 1. The second kappa shape index (κ2) is 9.03. The van der Waals surface area contributed by atoms with Crippen molar-refractivity contribution < 1.29 is 14.3 Å². The monoisotopic (exact) mass is 368 g/mol. The number of hydrogen-bond donors (Lipinski definition) is 3. The van der Waals surface area contributed by atoms with Crippen molar-refractivity contribution in [3.63, 3.8) is 0 Å². The van der Waals surface area contributed by atoms with Crippen molar-refractivity contribution in [3.8, 4) is 0 Å². The summed E-state index contributed by atoms with van der Waals surface area (Å²) in [5, 5.41) is 6.21. The molecule has 0 spiro atoms. The third-order valence-corrected chi connectivity index (χ3v) is 4.43. The van der Waals surface area contributed by atoms with Gasteiger partial charge in [-0.1, -0.05) is 0 Å². The van der Waals surface area contributed by atoms with Crippen LogP contribution in [-0.4, -0.2) is 50.7 Å². The number of primary amides is 1. The summed E-state index contributed by atoms with van der Waals surface area (Å²) in [7, 11) is 0. The van der Waals surface area contributed by atoms with Crippen molar-refractivity contribution in [1.82, 2.24) is 5.32 Å². The van der Waals surface area contributed by atoms with Crippen LogP contribution in [0.1, 0.15) is 29.6 Å². The van der Waals surface area contributed by atoms with E-state index in [9.17, 15) is 9.59 Å². The van der Waals surface area contributed by atoms with Crippen molar-refractivity contribution in [2.75, 3.05) is 43.1 Å². The number of ether oxygens (including phenoxy) is 1. The Bertz CT molecular complexity index is 614. The number of nitrogens with one attached hydrogen (secondary N) is 2. The first kappa shape index (κ1) is 19.5. The molecule has 25 heavy (non-hydrogen) atoms. The van der Waals surface area contributed by atoms with Gasteiger partial charge in [0.05, 0.1) is 24.6 Å². The number of benzene rings is 1. The van der Waals surface area contributed by atoms with Gasteiger partial charge in [-0.3, -0.25) is 9.59 Å². The molecule has 138 valence electrons. The van der Waals surface area contributed by atoms with Crippen LogP contribution in [0.2, 0.25) is 0 Å². The summed E-state index contributed by atoms with van der Waals surface area (Å²) in [6, 6.07) is 5.26. The lowest BCUT2D eigenvalue weighted by atomic mass is 10.1. The van der Waals surface area contributed by atoms with E-state index in [0.29, 0.717) is 30.9 Å². The highest BCUT2D eigenvalue weighted by Crippen LogP contribution is 2.30. The maximum Gasteiger partial charge on any atom is 0.248 e. The van der Waals surface area contributed by atoms with E-state index >= 15 is 0 Å². The van der Waals surface area contributed by atoms with Gasteiger partial charge in [0, 0.05) is 37.7 Å². The van der Waals surface area contributed by atoms with E-state index in [4.69, 9.17) is 10.5 Å². The summed E-state index contributed by atoms with van der Waals surface area (Å²) in [4.78, 5) is 26.1. The third kappa shape index (κ3) is 5.07. The smallest absolute Gasteiger partial charge is 0.248 e. The van der Waals surface area contributed by atoms with Crippen LogP contribution < -0.4 is 21.3 Å². The van der Waals surface area contributed by atoms with Crippen molar-refractivity contribution in [3.05, 3.63) is 23.8 Å². The van der Waals surface area contributed by atoms with Crippen LogP contribution >= 0.6 is 12.4 Å². The van der Waals surface area contributed by atoms with Crippen LogP contribution in [0.3, 0.4) is 0 Å². The second-order valence-electron chi connectivity index (χ2n) is 6.27. The number of rotatable bonds is 5. The van der Waals surface area contributed by atoms with Crippen LogP contribution in [0.15, 0.2) is 18.2 Å². The Hall–Kier alpha value is -1.83. The number of amides is 2. The average molecular weight is 369 g/mol. The molecule has 1 atom stereocenters. The number of halogens is 1. The molecule has 1 unspecified atom stereocenters. The Morgan fingerprint density at radius 1 is 1.32 bits per heavy atom. The fourth-order valence-electron chi connectivity index (χ4n) is 3.20. The van der Waals surface area contributed by atoms with E-state index in [0.717, 1.165) is 38.2 Å². The zero-order chi connectivity index (χ0) is 16.9. The van der Waals surface area contributed by atoms with E-state index in [1.165, 1.54) is 0 Å². The molecule has 1 aromatic rings. The van der Waals surface area contributed by atoms with Crippen molar-refractivity contribution in [2.45, 2.75) is 25.3 Å². The molecule has 0 bridgehead atoms. The molecule has 7 nitrogen and oxygen atoms in total. The summed E-state index contributed by atoms with van der Waals surface area (Å²) >= 11 is 0. The molecule has 0 aliphatic carbocycles. The largest absolute Gasteiger partial charge is 0.378 e. The van der Waals surface area contributed by atoms with Crippen molar-refractivity contribution in [1.29, 1.82) is 0 Å². The van der Waals surface area contributed by atoms with E-state index < -0.39 is 5.91 Å². The Balaban J connectivity index is 0.00000225. The van der Waals surface area contributed by atoms with Gasteiger partial charge >= 0.3 is 0 Å². The predicted octanol–water partition coefficient (Wildman–Crippen LogP) is 1.12. The quantitative estimate of drug-likeness (QED) is 0.723. The minimum Gasteiger partial charge on any atom is -0.378 e. The summed E-state index contributed by atoms with van der Waals surface area (Å²) in [6.45, 7) is 3.88. The molecule has 2 amide bonds. The predicted molar refractivity (Wildman–Crippen MR) is 99.5 cm³/mol. The molecular weight excluding hydrogens is 344 g/mol. The highest BCUT2D eigenvalue weighted by atomic mass is 35.5. The molecule has 2 aliphatic heterocycles. The van der Waals surface area contributed by atoms with Crippen LogP contribution in [0.25, 0.3) is 0 Å². The number of carbonyl (C=O) groups is 2. The number of nitrogens with two attached hydrogens (primary N) is 1. The fraction of sp³-hybridized carbons (Fsp3) is 0.529. The second-order valence-corrected chi connectivity index (χ2v) is 6.27. The summed E-state index contributed by atoms with van der Waals surface area (Å²) in [5.74, 6) is -0.596. The highest BCUT2D eigenvalue weighted by Gasteiger charge is 2.21. The van der Waals surface area contributed by atoms with Crippen molar-refractivity contribution in [2.24, 2.45) is 5.73 Å². The van der Waals surface area contributed by atoms with Crippen LogP contribution in [0.4, 0.5) is 11.4 Å². The normalized spacial score (nSPS) is 20.0. The lowest BCUT2D eigenvalue weighted by Gasteiger charge is -2.25. The Morgan fingerprint density at radius 2 is 2.08 bits per heavy atom. The lowest BCUT2D eigenvalue weighted by Crippen LogP contribution is -2.43. The first-order valence-electron chi connectivity index (χ1n) is 8.43. The van der Waals surface area contributed by atoms with Gasteiger partial charge in [0.25, 0.3) is 0 Å². The zero-order valence-electron chi connectivity index (χ0n) is 14.1. The van der Waals surface area contributed by atoms with Crippen molar-refractivity contribution >= 4 is 35.6 Å². The third-order valence-electron chi connectivity index (χ3n) is 4.43. The SMILES string of the molecule is Cl.NC(=O)c1ccc(N2CCCC2)c(NC(=O)CC2COCCN2)c1. The summed E-state index contributed by atoms with van der Waals surface area (Å²) in [5.41, 5.74) is 7.36. The molecule has 0 radical (unpaired) electrons. The maximum atomic E-state index is 12.4. The Labute approximate surface area is 153 Å². The summed E-state index contributed by atoms with van der Waals surface area (Å²) in [6.07, 6.45) is 2.60. The van der Waals surface area contributed by atoms with Gasteiger partial charge in [0.2, 0.25) is 11.8 Å². The van der Waals surface area contributed by atoms with E-state index in [1.807, 2.05) is 6.07 Å². The number of hydrogen-bond acceptors (Lipinski definition) is 5. The molecule has 1 aromatic carbocycles. The highest BCUT2D eigenvalue weighted by molar-refractivity contribution is 5.99. The Kier molecular flexibility index (Phi) is 7.04. The molecule has 4 N–H and O–H groups in total. The van der Waals surface area contributed by atoms with E-state index in [1.54, 1.807) is 12.1 Å². The summed E-state index contributed by atoms with van der Waals surface area (Å²) < 4.78 is 5.38. The van der Waals surface area contributed by atoms with Crippen LogP contribution in [0, 0.1) is 0 Å². The van der Waals surface area contributed by atoms with E-state index in [-0.39, 0.29) is 24.4 Å². The van der Waals surface area contributed by atoms with Crippen LogP contribution in [0.5, 0.6) is 0 Å². The zero-order valence-corrected chi connectivity index (χ0v) is 14.9. The topological polar surface area (TPSA) is 96.7 Å². The number of anilines is 2. The van der Waals surface area contributed by atoms with Crippen LogP contribution in [-0.2, 0) is 9.53 Å².